The van der Waals surface area contributed by atoms with Gasteiger partial charge in [0, 0.05) is 0 Å². The molecule has 2 aromatic rings. The van der Waals surface area contributed by atoms with Crippen molar-refractivity contribution < 1.29 is 13.9 Å². The standard InChI is InChI=1S/C18H16FNO2/c1-18(12-19,13-20)17(21)22-11-14-7-9-16(10-8-14)15-5-3-2-4-6-15/h2-10H,11-12H2,1H3/t18-/m0/s1. The monoisotopic (exact) mass is 297 g/mol. The zero-order chi connectivity index (χ0) is 16.0. The Kier molecular flexibility index (Phi) is 4.90. The number of nitrogens with zero attached hydrogens (tertiary/aromatic N) is 1. The van der Waals surface area contributed by atoms with Crippen molar-refractivity contribution >= 4 is 5.97 Å². The summed E-state index contributed by atoms with van der Waals surface area (Å²) in [6.45, 7) is 0.189. The first-order valence-electron chi connectivity index (χ1n) is 6.88. The van der Waals surface area contributed by atoms with E-state index in [9.17, 15) is 9.18 Å². The first-order chi connectivity index (χ1) is 10.6. The Balaban J connectivity index is 2.01. The van der Waals surface area contributed by atoms with Crippen molar-refractivity contribution in [2.75, 3.05) is 6.67 Å². The number of carbonyl (C=O) groups is 1. The molecule has 0 saturated heterocycles. The highest BCUT2D eigenvalue weighted by atomic mass is 19.1. The lowest BCUT2D eigenvalue weighted by atomic mass is 9.95. The number of benzene rings is 2. The largest absolute Gasteiger partial charge is 0.460 e. The quantitative estimate of drug-likeness (QED) is 0.786. The van der Waals surface area contributed by atoms with Crippen LogP contribution in [-0.4, -0.2) is 12.6 Å². The van der Waals surface area contributed by atoms with Crippen LogP contribution < -0.4 is 0 Å². The highest BCUT2D eigenvalue weighted by Crippen LogP contribution is 2.21. The molecule has 0 spiro atoms. The van der Waals surface area contributed by atoms with Gasteiger partial charge in [-0.3, -0.25) is 4.79 Å². The Morgan fingerprint density at radius 3 is 2.27 bits per heavy atom. The predicted molar refractivity (Wildman–Crippen MR) is 81.4 cm³/mol. The Morgan fingerprint density at radius 1 is 1.14 bits per heavy atom. The summed E-state index contributed by atoms with van der Waals surface area (Å²) in [6.07, 6.45) is 0. The number of esters is 1. The van der Waals surface area contributed by atoms with Gasteiger partial charge < -0.3 is 4.74 Å². The van der Waals surface area contributed by atoms with Crippen LogP contribution in [0.5, 0.6) is 0 Å². The summed E-state index contributed by atoms with van der Waals surface area (Å²) < 4.78 is 17.8. The van der Waals surface area contributed by atoms with Crippen LogP contribution in [0.15, 0.2) is 54.6 Å². The number of alkyl halides is 1. The van der Waals surface area contributed by atoms with E-state index in [2.05, 4.69) is 0 Å². The zero-order valence-corrected chi connectivity index (χ0v) is 12.3. The minimum absolute atomic E-state index is 0.0190. The fourth-order valence-electron chi connectivity index (χ4n) is 1.86. The van der Waals surface area contributed by atoms with Gasteiger partial charge >= 0.3 is 5.97 Å². The number of nitriles is 1. The number of ether oxygens (including phenoxy) is 1. The number of hydrogen-bond donors (Lipinski definition) is 0. The van der Waals surface area contributed by atoms with Crippen LogP contribution in [0, 0.1) is 16.7 Å². The van der Waals surface area contributed by atoms with E-state index in [1.54, 1.807) is 6.07 Å². The molecule has 112 valence electrons. The molecule has 22 heavy (non-hydrogen) atoms. The summed E-state index contributed by atoms with van der Waals surface area (Å²) in [7, 11) is 0. The first kappa shape index (κ1) is 15.7. The Morgan fingerprint density at radius 2 is 1.73 bits per heavy atom. The van der Waals surface area contributed by atoms with Gasteiger partial charge in [0.2, 0.25) is 0 Å². The van der Waals surface area contributed by atoms with Crippen LogP contribution in [0.2, 0.25) is 0 Å². The number of carbonyl (C=O) groups excluding carboxylic acids is 1. The summed E-state index contributed by atoms with van der Waals surface area (Å²) in [6, 6.07) is 19.1. The van der Waals surface area contributed by atoms with Crippen LogP contribution in [0.4, 0.5) is 4.39 Å². The first-order valence-corrected chi connectivity index (χ1v) is 6.88. The summed E-state index contributed by atoms with van der Waals surface area (Å²) in [4.78, 5) is 11.7. The van der Waals surface area contributed by atoms with Crippen LogP contribution in [0.1, 0.15) is 12.5 Å². The highest BCUT2D eigenvalue weighted by molar-refractivity contribution is 5.79. The molecule has 1 atom stereocenters. The van der Waals surface area contributed by atoms with Gasteiger partial charge in [-0.25, -0.2) is 4.39 Å². The maximum atomic E-state index is 12.7. The average Bonchev–Trinajstić information content (AvgIpc) is 2.60. The molecular formula is C18H16FNO2. The van der Waals surface area contributed by atoms with Gasteiger partial charge in [-0.2, -0.15) is 5.26 Å². The minimum Gasteiger partial charge on any atom is -0.460 e. The van der Waals surface area contributed by atoms with E-state index in [4.69, 9.17) is 10.00 Å². The molecule has 0 aromatic heterocycles. The normalized spacial score (nSPS) is 13.0. The zero-order valence-electron chi connectivity index (χ0n) is 12.3. The topological polar surface area (TPSA) is 50.1 Å². The van der Waals surface area contributed by atoms with Gasteiger partial charge in [0.15, 0.2) is 5.41 Å². The number of halogens is 1. The Hall–Kier alpha value is -2.67. The second-order valence-corrected chi connectivity index (χ2v) is 5.22. The fraction of sp³-hybridized carbons (Fsp3) is 0.222. The van der Waals surface area contributed by atoms with E-state index in [1.807, 2.05) is 54.6 Å². The molecule has 4 heteroatoms. The molecule has 0 heterocycles. The fourth-order valence-corrected chi connectivity index (χ4v) is 1.86. The van der Waals surface area contributed by atoms with Gasteiger partial charge in [0.25, 0.3) is 0 Å². The molecule has 3 nitrogen and oxygen atoms in total. The average molecular weight is 297 g/mol. The third kappa shape index (κ3) is 3.50. The van der Waals surface area contributed by atoms with Crippen molar-refractivity contribution in [3.63, 3.8) is 0 Å². The predicted octanol–water partition coefficient (Wildman–Crippen LogP) is 3.90. The van der Waals surface area contributed by atoms with E-state index in [0.717, 1.165) is 16.7 Å². The van der Waals surface area contributed by atoms with Crippen LogP contribution in [0.25, 0.3) is 11.1 Å². The maximum absolute atomic E-state index is 12.7. The molecular weight excluding hydrogens is 281 g/mol. The van der Waals surface area contributed by atoms with E-state index in [0.29, 0.717) is 0 Å². The van der Waals surface area contributed by atoms with Crippen molar-refractivity contribution in [1.29, 1.82) is 5.26 Å². The lowest BCUT2D eigenvalue weighted by molar-refractivity contribution is -0.153. The number of hydrogen-bond acceptors (Lipinski definition) is 3. The van der Waals surface area contributed by atoms with Crippen molar-refractivity contribution in [3.05, 3.63) is 60.2 Å². The molecule has 0 radical (unpaired) electrons. The lowest BCUT2D eigenvalue weighted by Crippen LogP contribution is -2.30. The van der Waals surface area contributed by atoms with Crippen molar-refractivity contribution in [3.8, 4) is 17.2 Å². The molecule has 2 rings (SSSR count). The summed E-state index contributed by atoms with van der Waals surface area (Å²) in [5, 5.41) is 8.82. The summed E-state index contributed by atoms with van der Waals surface area (Å²) in [5.41, 5.74) is 1.21. The van der Waals surface area contributed by atoms with Gasteiger partial charge in [-0.05, 0) is 23.6 Å². The van der Waals surface area contributed by atoms with Crippen LogP contribution in [-0.2, 0) is 16.1 Å². The van der Waals surface area contributed by atoms with E-state index in [-0.39, 0.29) is 6.61 Å². The maximum Gasteiger partial charge on any atom is 0.329 e. The Labute approximate surface area is 129 Å². The van der Waals surface area contributed by atoms with Crippen LogP contribution >= 0.6 is 0 Å². The van der Waals surface area contributed by atoms with E-state index < -0.39 is 18.1 Å². The van der Waals surface area contributed by atoms with Gasteiger partial charge in [-0.15, -0.1) is 0 Å². The molecule has 0 N–H and O–H groups in total. The second-order valence-electron chi connectivity index (χ2n) is 5.22. The lowest BCUT2D eigenvalue weighted by Gasteiger charge is -2.15. The number of rotatable bonds is 5. The minimum atomic E-state index is -1.73. The van der Waals surface area contributed by atoms with Crippen molar-refractivity contribution in [1.82, 2.24) is 0 Å². The van der Waals surface area contributed by atoms with Gasteiger partial charge in [0.05, 0.1) is 6.07 Å². The molecule has 0 aliphatic heterocycles. The summed E-state index contributed by atoms with van der Waals surface area (Å²) in [5.74, 6) is -0.843. The molecule has 0 saturated carbocycles. The van der Waals surface area contributed by atoms with Gasteiger partial charge in [0.1, 0.15) is 13.3 Å². The molecule has 0 aliphatic carbocycles. The third-order valence-corrected chi connectivity index (χ3v) is 3.40. The molecule has 0 fully saturated rings. The highest BCUT2D eigenvalue weighted by Gasteiger charge is 2.35. The molecule has 0 amide bonds. The molecule has 2 aromatic carbocycles. The molecule has 0 unspecified atom stereocenters. The van der Waals surface area contributed by atoms with Crippen LogP contribution in [0.3, 0.4) is 0 Å². The molecule has 0 bridgehead atoms. The Bertz CT molecular complexity index is 676. The molecule has 0 aliphatic rings. The van der Waals surface area contributed by atoms with Gasteiger partial charge in [-0.1, -0.05) is 54.6 Å². The van der Waals surface area contributed by atoms with Crippen molar-refractivity contribution in [2.45, 2.75) is 13.5 Å². The summed E-state index contributed by atoms with van der Waals surface area (Å²) >= 11 is 0. The van der Waals surface area contributed by atoms with E-state index in [1.165, 1.54) is 6.92 Å². The smallest absolute Gasteiger partial charge is 0.329 e. The SMILES string of the molecule is C[C@@](C#N)(CF)C(=O)OCc1ccc(-c2ccccc2)cc1. The second kappa shape index (κ2) is 6.86. The van der Waals surface area contributed by atoms with Crippen molar-refractivity contribution in [2.24, 2.45) is 5.41 Å². The van der Waals surface area contributed by atoms with E-state index >= 15 is 0 Å². The third-order valence-electron chi connectivity index (χ3n) is 3.40.